The van der Waals surface area contributed by atoms with Gasteiger partial charge >= 0.3 is 0 Å². The Morgan fingerprint density at radius 1 is 0.909 bits per heavy atom. The third-order valence-electron chi connectivity index (χ3n) is 10.8. The van der Waals surface area contributed by atoms with E-state index >= 15 is 0 Å². The topological polar surface area (TPSA) is 177 Å². The summed E-state index contributed by atoms with van der Waals surface area (Å²) < 4.78 is 2.03. The van der Waals surface area contributed by atoms with Crippen LogP contribution in [0.2, 0.25) is 0 Å². The Labute approximate surface area is 324 Å². The van der Waals surface area contributed by atoms with E-state index in [4.69, 9.17) is 9.98 Å². The number of thiazole rings is 1. The Balaban J connectivity index is 0.988. The van der Waals surface area contributed by atoms with Crippen LogP contribution in [0, 0.1) is 11.8 Å². The predicted molar refractivity (Wildman–Crippen MR) is 210 cm³/mol. The van der Waals surface area contributed by atoms with Crippen LogP contribution in [0.25, 0.3) is 26.7 Å². The number of aromatic nitrogens is 4. The first-order valence-corrected chi connectivity index (χ1v) is 19.9. The van der Waals surface area contributed by atoms with Crippen molar-refractivity contribution in [1.82, 2.24) is 39.8 Å². The van der Waals surface area contributed by atoms with Crippen molar-refractivity contribution in [2.24, 2.45) is 16.8 Å². The number of amides is 4. The zero-order valence-corrected chi connectivity index (χ0v) is 32.7. The van der Waals surface area contributed by atoms with Crippen molar-refractivity contribution in [2.75, 3.05) is 19.7 Å². The number of aliphatic hydroxyl groups is 1. The summed E-state index contributed by atoms with van der Waals surface area (Å²) in [5, 5.41) is 14.7. The maximum absolute atomic E-state index is 13.5. The van der Waals surface area contributed by atoms with Gasteiger partial charge in [0.1, 0.15) is 30.2 Å². The zero-order valence-electron chi connectivity index (χ0n) is 31.9. The van der Waals surface area contributed by atoms with Gasteiger partial charge in [0.2, 0.25) is 23.6 Å². The highest BCUT2D eigenvalue weighted by atomic mass is 32.1. The van der Waals surface area contributed by atoms with Crippen molar-refractivity contribution in [3.05, 3.63) is 66.1 Å². The van der Waals surface area contributed by atoms with Crippen LogP contribution in [0.4, 0.5) is 0 Å². The minimum absolute atomic E-state index is 0.0121. The van der Waals surface area contributed by atoms with Crippen molar-refractivity contribution >= 4 is 45.6 Å². The second-order valence-corrected chi connectivity index (χ2v) is 16.4. The number of aromatic amines is 1. The molecule has 15 heteroatoms. The van der Waals surface area contributed by atoms with E-state index in [1.807, 2.05) is 61.5 Å². The lowest BCUT2D eigenvalue weighted by atomic mass is 9.98. The van der Waals surface area contributed by atoms with E-state index in [1.165, 1.54) is 6.92 Å². The molecule has 55 heavy (non-hydrogen) atoms. The van der Waals surface area contributed by atoms with Crippen molar-refractivity contribution < 1.29 is 24.3 Å². The van der Waals surface area contributed by atoms with Gasteiger partial charge in [0.15, 0.2) is 4.96 Å². The molecule has 0 bridgehead atoms. The Bertz CT molecular complexity index is 2110. The number of carbonyl (C=O) groups is 4. The monoisotopic (exact) mass is 767 g/mol. The molecule has 2 fully saturated rings. The number of aliphatic imine (C=N–C) groups is 1. The van der Waals surface area contributed by atoms with E-state index < -0.39 is 24.6 Å². The molecule has 14 nitrogen and oxygen atoms in total. The van der Waals surface area contributed by atoms with Crippen molar-refractivity contribution in [2.45, 2.75) is 90.9 Å². The molecule has 2 saturated heterocycles. The molecule has 1 unspecified atom stereocenters. The van der Waals surface area contributed by atoms with E-state index in [0.29, 0.717) is 25.3 Å². The number of carbonyl (C=O) groups excluding carboxylic acids is 4. The van der Waals surface area contributed by atoms with Crippen LogP contribution < -0.4 is 10.6 Å². The summed E-state index contributed by atoms with van der Waals surface area (Å²) >= 11 is 1.60. The number of rotatable bonds is 12. The molecule has 4 atom stereocenters. The van der Waals surface area contributed by atoms with Crippen molar-refractivity contribution in [3.63, 3.8) is 0 Å². The second kappa shape index (κ2) is 15.9. The highest BCUT2D eigenvalue weighted by molar-refractivity contribution is 7.20. The number of benzene rings is 1. The van der Waals surface area contributed by atoms with Crippen LogP contribution in [0.3, 0.4) is 0 Å². The first-order chi connectivity index (χ1) is 26.4. The summed E-state index contributed by atoms with van der Waals surface area (Å²) in [4.78, 5) is 74.1. The maximum Gasteiger partial charge on any atom is 0.246 e. The first kappa shape index (κ1) is 38.1. The van der Waals surface area contributed by atoms with Gasteiger partial charge < -0.3 is 30.5 Å². The minimum Gasteiger partial charge on any atom is -0.387 e. The lowest BCUT2D eigenvalue weighted by molar-refractivity contribution is -0.139. The van der Waals surface area contributed by atoms with E-state index in [9.17, 15) is 24.3 Å². The molecular weight excluding hydrogens is 719 g/mol. The third kappa shape index (κ3) is 7.85. The molecule has 3 aromatic heterocycles. The highest BCUT2D eigenvalue weighted by Crippen LogP contribution is 2.35. The molecule has 4 aromatic rings. The summed E-state index contributed by atoms with van der Waals surface area (Å²) in [6.45, 7) is 9.69. The fourth-order valence-electron chi connectivity index (χ4n) is 7.89. The highest BCUT2D eigenvalue weighted by Gasteiger charge is 2.39. The van der Waals surface area contributed by atoms with Crippen LogP contribution in [-0.2, 0) is 19.2 Å². The fourth-order valence-corrected chi connectivity index (χ4v) is 8.87. The second-order valence-electron chi connectivity index (χ2n) is 15.4. The average molecular weight is 768 g/mol. The lowest BCUT2D eigenvalue weighted by Gasteiger charge is -2.31. The molecule has 290 valence electrons. The molecule has 1 aromatic carbocycles. The average Bonchev–Trinajstić information content (AvgIpc) is 4.00. The molecule has 0 saturated carbocycles. The summed E-state index contributed by atoms with van der Waals surface area (Å²) in [6.07, 6.45) is 11.8. The fraction of sp³-hybridized carbons (Fsp3) is 0.475. The van der Waals surface area contributed by atoms with Gasteiger partial charge in [-0.25, -0.2) is 9.97 Å². The number of hydrogen-bond donors (Lipinski definition) is 4. The number of nitrogens with zero attached hydrogens (tertiary/aromatic N) is 6. The van der Waals surface area contributed by atoms with E-state index in [0.717, 1.165) is 69.3 Å². The van der Waals surface area contributed by atoms with Gasteiger partial charge in [0, 0.05) is 45.0 Å². The number of hydrogen-bond acceptors (Lipinski definition) is 9. The maximum atomic E-state index is 13.5. The molecule has 4 N–H and O–H groups in total. The third-order valence-corrected chi connectivity index (χ3v) is 11.8. The molecule has 0 radical (unpaired) electrons. The van der Waals surface area contributed by atoms with Crippen LogP contribution in [-0.4, -0.2) is 101 Å². The van der Waals surface area contributed by atoms with E-state index in [-0.39, 0.29) is 41.6 Å². The van der Waals surface area contributed by atoms with Crippen molar-refractivity contribution in [3.8, 4) is 21.7 Å². The smallest absolute Gasteiger partial charge is 0.246 e. The van der Waals surface area contributed by atoms with Gasteiger partial charge in [-0.15, -0.1) is 0 Å². The van der Waals surface area contributed by atoms with E-state index in [2.05, 4.69) is 38.9 Å². The molecular formula is C40H49N9O5S. The Morgan fingerprint density at radius 2 is 1.55 bits per heavy atom. The van der Waals surface area contributed by atoms with Crippen LogP contribution >= 0.6 is 11.3 Å². The number of fused-ring (bicyclic) bond motifs is 1. The molecule has 6 heterocycles. The SMILES string of the molecule is CC(=O)N[C@H](C(=O)N1CCCC1C1=CN=C(c2cn3cc(-c4ccc(-c5cnc([C@@H]6CCCN6C(=O)[C@@H](NC(=O)CO)C(C)C)[nH]5)cc4)sc3n2)C1)C(C)C. The van der Waals surface area contributed by atoms with Gasteiger partial charge in [-0.05, 0) is 54.2 Å². The number of imidazole rings is 2. The van der Waals surface area contributed by atoms with Crippen LogP contribution in [0.1, 0.15) is 84.3 Å². The molecule has 3 aliphatic rings. The van der Waals surface area contributed by atoms with Crippen molar-refractivity contribution in [1.29, 1.82) is 0 Å². The number of H-pyrrole nitrogens is 1. The predicted octanol–water partition coefficient (Wildman–Crippen LogP) is 4.48. The van der Waals surface area contributed by atoms with Crippen LogP contribution in [0.15, 0.2) is 59.6 Å². The number of aliphatic hydroxyl groups excluding tert-OH is 1. The largest absolute Gasteiger partial charge is 0.387 e. The summed E-state index contributed by atoms with van der Waals surface area (Å²) in [6, 6.07) is 6.73. The number of likely N-dealkylation sites (tertiary alicyclic amines) is 2. The summed E-state index contributed by atoms with van der Waals surface area (Å²) in [7, 11) is 0. The Morgan fingerprint density at radius 3 is 2.18 bits per heavy atom. The Hall–Kier alpha value is -5.15. The molecule has 3 aliphatic heterocycles. The molecule has 7 rings (SSSR count). The van der Waals surface area contributed by atoms with Gasteiger partial charge in [-0.1, -0.05) is 63.3 Å². The first-order valence-electron chi connectivity index (χ1n) is 19.1. The van der Waals surface area contributed by atoms with Gasteiger partial charge in [-0.2, -0.15) is 0 Å². The number of nitrogens with one attached hydrogen (secondary N) is 3. The summed E-state index contributed by atoms with van der Waals surface area (Å²) in [5.41, 5.74) is 5.69. The summed E-state index contributed by atoms with van der Waals surface area (Å²) in [5.74, 6) is -0.407. The molecule has 0 spiro atoms. The lowest BCUT2D eigenvalue weighted by Crippen LogP contribution is -2.52. The normalized spacial score (nSPS) is 19.6. The Kier molecular flexibility index (Phi) is 11.0. The van der Waals surface area contributed by atoms with Crippen LogP contribution in [0.5, 0.6) is 0 Å². The zero-order chi connectivity index (χ0) is 39.0. The van der Waals surface area contributed by atoms with Gasteiger partial charge in [-0.3, -0.25) is 28.6 Å². The molecule has 0 aliphatic carbocycles. The van der Waals surface area contributed by atoms with E-state index in [1.54, 1.807) is 22.4 Å². The molecule has 4 amide bonds. The van der Waals surface area contributed by atoms with Gasteiger partial charge in [0.05, 0.1) is 34.6 Å². The quantitative estimate of drug-likeness (QED) is 0.164. The minimum atomic E-state index is -0.719. The van der Waals surface area contributed by atoms with Gasteiger partial charge in [0.25, 0.3) is 0 Å². The standard InChI is InChI=1S/C40H49N9O5S/c1-22(2)35(43-24(5)51)38(53)48-14-6-8-31(48)27-16-28(41-17-27)30-19-47-20-33(55-40(47)45-30)26-12-10-25(11-13-26)29-18-42-37(44-29)32-9-7-15-49(32)39(54)36(23(3)4)46-34(52)21-50/h10-13,17-20,22-23,31-32,35-36,50H,6-9,14-16,21H2,1-5H3,(H,42,44)(H,43,51)(H,46,52)/t31?,32-,35-,36-/m0/s1.